The Kier molecular flexibility index (Phi) is 9.11. The summed E-state index contributed by atoms with van der Waals surface area (Å²) in [6.07, 6.45) is -2.45. The van der Waals surface area contributed by atoms with Gasteiger partial charge in [0.2, 0.25) is 6.10 Å². The van der Waals surface area contributed by atoms with Crippen molar-refractivity contribution in [1.29, 1.82) is 0 Å². The fourth-order valence-electron chi connectivity index (χ4n) is 1.78. The maximum Gasteiger partial charge on any atom is 0.345 e. The van der Waals surface area contributed by atoms with E-state index in [1.54, 1.807) is 27.7 Å². The van der Waals surface area contributed by atoms with Gasteiger partial charge in [0.1, 0.15) is 12.1 Å². The topological polar surface area (TPSA) is 145 Å². The summed E-state index contributed by atoms with van der Waals surface area (Å²) in [5, 5.41) is 11.4. The zero-order valence-corrected chi connectivity index (χ0v) is 15.4. The number of rotatable bonds is 9. The van der Waals surface area contributed by atoms with E-state index in [0.29, 0.717) is 0 Å². The molecule has 0 spiro atoms. The van der Waals surface area contributed by atoms with Crippen molar-refractivity contribution in [2.75, 3.05) is 0 Å². The van der Waals surface area contributed by atoms with E-state index in [0.717, 1.165) is 0 Å². The van der Waals surface area contributed by atoms with Crippen molar-refractivity contribution in [2.45, 2.75) is 65.8 Å². The van der Waals surface area contributed by atoms with E-state index < -0.39 is 54.0 Å². The first-order chi connectivity index (χ1) is 11.4. The molecule has 0 heterocycles. The quantitative estimate of drug-likeness (QED) is 0.489. The summed E-state index contributed by atoms with van der Waals surface area (Å²) in [6, 6.07) is -2.00. The van der Waals surface area contributed by atoms with Gasteiger partial charge in [0.05, 0.1) is 0 Å². The second kappa shape index (κ2) is 9.97. The predicted molar refractivity (Wildman–Crippen MR) is 88.3 cm³/mol. The number of carbonyl (C=O) groups is 4. The number of esters is 2. The fourth-order valence-corrected chi connectivity index (χ4v) is 1.78. The van der Waals surface area contributed by atoms with E-state index in [-0.39, 0.29) is 5.92 Å². The van der Waals surface area contributed by atoms with Crippen LogP contribution in [0.2, 0.25) is 0 Å². The highest BCUT2D eigenvalue weighted by Gasteiger charge is 2.32. The molecule has 0 aliphatic heterocycles. The van der Waals surface area contributed by atoms with E-state index in [1.807, 2.05) is 0 Å². The molecular formula is C16H28N2O7. The third-order valence-electron chi connectivity index (χ3n) is 3.28. The summed E-state index contributed by atoms with van der Waals surface area (Å²) in [6.45, 7) is 9.30. The van der Waals surface area contributed by atoms with Crippen molar-refractivity contribution in [3.8, 4) is 0 Å². The first-order valence-corrected chi connectivity index (χ1v) is 8.08. The third kappa shape index (κ3) is 7.51. The Balaban J connectivity index is 4.91. The molecule has 9 nitrogen and oxygen atoms in total. The molecular weight excluding hydrogens is 332 g/mol. The second-order valence-electron chi connectivity index (χ2n) is 6.56. The molecule has 0 saturated heterocycles. The summed E-state index contributed by atoms with van der Waals surface area (Å²) >= 11 is 0. The van der Waals surface area contributed by atoms with Crippen LogP contribution in [-0.4, -0.2) is 53.2 Å². The Morgan fingerprint density at radius 2 is 1.28 bits per heavy atom. The average molecular weight is 360 g/mol. The lowest BCUT2D eigenvalue weighted by Gasteiger charge is -2.24. The number of hydrogen-bond donors (Lipinski definition) is 3. The van der Waals surface area contributed by atoms with Gasteiger partial charge in [-0.05, 0) is 19.8 Å². The molecule has 0 aromatic heterocycles. The molecule has 0 aliphatic rings. The summed E-state index contributed by atoms with van der Waals surface area (Å²) in [5.74, 6) is -4.38. The number of carbonyl (C=O) groups excluding carboxylic acids is 3. The van der Waals surface area contributed by atoms with Gasteiger partial charge < -0.3 is 25.6 Å². The van der Waals surface area contributed by atoms with Crippen LogP contribution in [-0.2, 0) is 28.7 Å². The summed E-state index contributed by atoms with van der Waals surface area (Å²) in [4.78, 5) is 46.9. The Hall–Kier alpha value is -2.16. The molecule has 144 valence electrons. The molecule has 0 aromatic rings. The lowest BCUT2D eigenvalue weighted by atomic mass is 10.1. The highest BCUT2D eigenvalue weighted by atomic mass is 16.6. The largest absolute Gasteiger partial charge is 0.478 e. The SMILES string of the molecule is CC(C)[C@H](OC(=O)[C@H](C)NC(=O)[C@@H](OC(=O)[C@H](C)N)C(C)C)C(=O)O. The number of nitrogens with one attached hydrogen (secondary N) is 1. The Morgan fingerprint density at radius 1 is 0.840 bits per heavy atom. The van der Waals surface area contributed by atoms with Crippen molar-refractivity contribution in [3.05, 3.63) is 0 Å². The molecule has 0 fully saturated rings. The van der Waals surface area contributed by atoms with Crippen LogP contribution < -0.4 is 11.1 Å². The molecule has 9 heteroatoms. The Labute approximate surface area is 147 Å². The third-order valence-corrected chi connectivity index (χ3v) is 3.28. The van der Waals surface area contributed by atoms with E-state index in [9.17, 15) is 19.2 Å². The molecule has 0 saturated carbocycles. The van der Waals surface area contributed by atoms with Crippen LogP contribution in [0.5, 0.6) is 0 Å². The first kappa shape index (κ1) is 22.8. The highest BCUT2D eigenvalue weighted by molar-refractivity contribution is 5.89. The van der Waals surface area contributed by atoms with Crippen LogP contribution in [0.4, 0.5) is 0 Å². The minimum Gasteiger partial charge on any atom is -0.478 e. The number of carboxylic acids is 1. The molecule has 0 radical (unpaired) electrons. The number of aliphatic carboxylic acids is 1. The van der Waals surface area contributed by atoms with E-state index in [4.69, 9.17) is 20.3 Å². The van der Waals surface area contributed by atoms with Crippen molar-refractivity contribution in [3.63, 3.8) is 0 Å². The maximum atomic E-state index is 12.3. The zero-order valence-electron chi connectivity index (χ0n) is 15.4. The average Bonchev–Trinajstić information content (AvgIpc) is 2.47. The van der Waals surface area contributed by atoms with Crippen LogP contribution >= 0.6 is 0 Å². The summed E-state index contributed by atoms with van der Waals surface area (Å²) < 4.78 is 9.97. The predicted octanol–water partition coefficient (Wildman–Crippen LogP) is 0.0585. The molecule has 25 heavy (non-hydrogen) atoms. The van der Waals surface area contributed by atoms with Crippen molar-refractivity contribution < 1.29 is 33.8 Å². The van der Waals surface area contributed by atoms with Crippen molar-refractivity contribution in [2.24, 2.45) is 17.6 Å². The van der Waals surface area contributed by atoms with Gasteiger partial charge in [-0.2, -0.15) is 0 Å². The van der Waals surface area contributed by atoms with Crippen LogP contribution in [0.25, 0.3) is 0 Å². The molecule has 0 aliphatic carbocycles. The van der Waals surface area contributed by atoms with Gasteiger partial charge in [-0.1, -0.05) is 27.7 Å². The van der Waals surface area contributed by atoms with E-state index in [1.165, 1.54) is 13.8 Å². The van der Waals surface area contributed by atoms with Crippen LogP contribution in [0, 0.1) is 11.8 Å². The Bertz CT molecular complexity index is 503. The molecule has 0 bridgehead atoms. The number of amides is 1. The molecule has 1 amide bonds. The zero-order chi connectivity index (χ0) is 19.9. The first-order valence-electron chi connectivity index (χ1n) is 8.08. The van der Waals surface area contributed by atoms with Gasteiger partial charge in [-0.15, -0.1) is 0 Å². The maximum absolute atomic E-state index is 12.3. The van der Waals surface area contributed by atoms with E-state index >= 15 is 0 Å². The smallest absolute Gasteiger partial charge is 0.345 e. The van der Waals surface area contributed by atoms with Gasteiger partial charge in [-0.3, -0.25) is 9.59 Å². The molecule has 0 unspecified atom stereocenters. The molecule has 0 aromatic carbocycles. The minimum absolute atomic E-state index is 0.353. The van der Waals surface area contributed by atoms with Gasteiger partial charge in [0.25, 0.3) is 5.91 Å². The minimum atomic E-state index is -1.32. The fraction of sp³-hybridized carbons (Fsp3) is 0.750. The number of nitrogens with two attached hydrogens (primary N) is 1. The monoisotopic (exact) mass is 360 g/mol. The summed E-state index contributed by atoms with van der Waals surface area (Å²) in [5.41, 5.74) is 5.41. The van der Waals surface area contributed by atoms with Gasteiger partial charge in [0, 0.05) is 5.92 Å². The van der Waals surface area contributed by atoms with Gasteiger partial charge in [-0.25, -0.2) is 9.59 Å². The molecule has 4 N–H and O–H groups in total. The van der Waals surface area contributed by atoms with Crippen molar-refractivity contribution in [1.82, 2.24) is 5.32 Å². The van der Waals surface area contributed by atoms with Crippen LogP contribution in [0.1, 0.15) is 41.5 Å². The molecule has 0 rings (SSSR count). The lowest BCUT2D eigenvalue weighted by Crippen LogP contribution is -2.49. The second-order valence-corrected chi connectivity index (χ2v) is 6.56. The van der Waals surface area contributed by atoms with Crippen LogP contribution in [0.15, 0.2) is 0 Å². The van der Waals surface area contributed by atoms with Gasteiger partial charge >= 0.3 is 17.9 Å². The van der Waals surface area contributed by atoms with Crippen molar-refractivity contribution >= 4 is 23.8 Å². The number of hydrogen-bond acceptors (Lipinski definition) is 7. The number of carboxylic acid groups (broad SMARTS) is 1. The van der Waals surface area contributed by atoms with Crippen LogP contribution in [0.3, 0.4) is 0 Å². The van der Waals surface area contributed by atoms with E-state index in [2.05, 4.69) is 5.32 Å². The standard InChI is InChI=1S/C16H28N2O7/c1-7(2)11(24-15(22)9(5)17)13(19)18-10(6)16(23)25-12(8(3)4)14(20)21/h7-12H,17H2,1-6H3,(H,18,19)(H,20,21)/t9-,10-,11-,12-/m0/s1. The van der Waals surface area contributed by atoms with Gasteiger partial charge in [0.15, 0.2) is 6.10 Å². The number of ether oxygens (including phenoxy) is 2. The summed E-state index contributed by atoms with van der Waals surface area (Å²) in [7, 11) is 0. The normalized spacial score (nSPS) is 15.9. The molecule has 4 atom stereocenters. The Morgan fingerprint density at radius 3 is 1.64 bits per heavy atom. The lowest BCUT2D eigenvalue weighted by molar-refractivity contribution is -0.169. The highest BCUT2D eigenvalue weighted by Crippen LogP contribution is 2.11.